The van der Waals surface area contributed by atoms with E-state index in [4.69, 9.17) is 4.42 Å². The zero-order valence-corrected chi connectivity index (χ0v) is 11.7. The van der Waals surface area contributed by atoms with E-state index in [1.807, 2.05) is 12.1 Å². The fraction of sp³-hybridized carbons (Fsp3) is 0.667. The summed E-state index contributed by atoms with van der Waals surface area (Å²) < 4.78 is 29.6. The van der Waals surface area contributed by atoms with Crippen LogP contribution in [0.15, 0.2) is 16.5 Å². The van der Waals surface area contributed by atoms with Crippen LogP contribution >= 0.6 is 0 Å². The van der Waals surface area contributed by atoms with Crippen LogP contribution in [-0.4, -0.2) is 32.6 Å². The van der Waals surface area contributed by atoms with Crippen LogP contribution in [0.1, 0.15) is 36.8 Å². The maximum atomic E-state index is 11.3. The SMILES string of the molecule is CN(Cc1ccc([C@@H]2CCCCN2)o1)S(C)(=O)=O. The first-order valence-electron chi connectivity index (χ1n) is 6.20. The zero-order chi connectivity index (χ0) is 13.2. The van der Waals surface area contributed by atoms with Gasteiger partial charge in [0.25, 0.3) is 0 Å². The Kier molecular flexibility index (Phi) is 4.09. The minimum absolute atomic E-state index is 0.274. The largest absolute Gasteiger partial charge is 0.463 e. The predicted octanol–water partition coefficient (Wildman–Crippen LogP) is 1.49. The number of hydrogen-bond donors (Lipinski definition) is 1. The van der Waals surface area contributed by atoms with Crippen molar-refractivity contribution in [2.45, 2.75) is 31.8 Å². The molecule has 1 atom stereocenters. The molecular weight excluding hydrogens is 252 g/mol. The monoisotopic (exact) mass is 272 g/mol. The van der Waals surface area contributed by atoms with E-state index in [-0.39, 0.29) is 12.6 Å². The third-order valence-electron chi connectivity index (χ3n) is 3.28. The Labute approximate surface area is 108 Å². The molecule has 1 aromatic rings. The number of sulfonamides is 1. The quantitative estimate of drug-likeness (QED) is 0.902. The van der Waals surface area contributed by atoms with Crippen LogP contribution in [0.2, 0.25) is 0 Å². The lowest BCUT2D eigenvalue weighted by Crippen LogP contribution is -2.26. The summed E-state index contributed by atoms with van der Waals surface area (Å²) in [4.78, 5) is 0. The van der Waals surface area contributed by atoms with E-state index in [1.165, 1.54) is 23.4 Å². The van der Waals surface area contributed by atoms with Gasteiger partial charge in [-0.05, 0) is 31.5 Å². The van der Waals surface area contributed by atoms with Gasteiger partial charge in [-0.3, -0.25) is 0 Å². The molecule has 18 heavy (non-hydrogen) atoms. The van der Waals surface area contributed by atoms with E-state index in [2.05, 4.69) is 5.32 Å². The van der Waals surface area contributed by atoms with E-state index in [9.17, 15) is 8.42 Å². The van der Waals surface area contributed by atoms with Crippen molar-refractivity contribution in [3.63, 3.8) is 0 Å². The van der Waals surface area contributed by atoms with Gasteiger partial charge in [0.2, 0.25) is 10.0 Å². The van der Waals surface area contributed by atoms with Crippen LogP contribution in [-0.2, 0) is 16.6 Å². The molecule has 1 fully saturated rings. The molecule has 0 aromatic carbocycles. The lowest BCUT2D eigenvalue weighted by molar-refractivity contribution is 0.326. The first kappa shape index (κ1) is 13.6. The number of hydrogen-bond acceptors (Lipinski definition) is 4. The van der Waals surface area contributed by atoms with Crippen molar-refractivity contribution >= 4 is 10.0 Å². The van der Waals surface area contributed by atoms with Crippen molar-refractivity contribution in [3.8, 4) is 0 Å². The Bertz CT molecular complexity index is 489. The maximum absolute atomic E-state index is 11.3. The second-order valence-electron chi connectivity index (χ2n) is 4.83. The van der Waals surface area contributed by atoms with E-state index >= 15 is 0 Å². The molecule has 1 N–H and O–H groups in total. The summed E-state index contributed by atoms with van der Waals surface area (Å²) in [6.45, 7) is 1.30. The minimum Gasteiger partial charge on any atom is -0.463 e. The fourth-order valence-electron chi connectivity index (χ4n) is 2.10. The van der Waals surface area contributed by atoms with E-state index in [0.29, 0.717) is 5.76 Å². The van der Waals surface area contributed by atoms with Crippen molar-refractivity contribution in [1.29, 1.82) is 0 Å². The Balaban J connectivity index is 2.01. The average molecular weight is 272 g/mol. The first-order valence-corrected chi connectivity index (χ1v) is 8.05. The summed E-state index contributed by atoms with van der Waals surface area (Å²) >= 11 is 0. The fourth-order valence-corrected chi connectivity index (χ4v) is 2.46. The third-order valence-corrected chi connectivity index (χ3v) is 4.54. The highest BCUT2D eigenvalue weighted by Crippen LogP contribution is 2.25. The molecule has 102 valence electrons. The van der Waals surface area contributed by atoms with E-state index in [0.717, 1.165) is 18.7 Å². The summed E-state index contributed by atoms with van der Waals surface area (Å²) in [5, 5.41) is 3.41. The highest BCUT2D eigenvalue weighted by molar-refractivity contribution is 7.88. The van der Waals surface area contributed by atoms with Crippen molar-refractivity contribution in [1.82, 2.24) is 9.62 Å². The minimum atomic E-state index is -3.16. The highest BCUT2D eigenvalue weighted by atomic mass is 32.2. The van der Waals surface area contributed by atoms with Crippen LogP contribution in [0.25, 0.3) is 0 Å². The van der Waals surface area contributed by atoms with Gasteiger partial charge in [-0.15, -0.1) is 0 Å². The molecule has 0 radical (unpaired) electrons. The second kappa shape index (κ2) is 5.42. The summed E-state index contributed by atoms with van der Waals surface area (Å²) in [6, 6.07) is 4.07. The van der Waals surface area contributed by atoms with Crippen molar-refractivity contribution in [2.24, 2.45) is 0 Å². The molecule has 1 saturated heterocycles. The molecule has 0 amide bonds. The molecule has 0 unspecified atom stereocenters. The third kappa shape index (κ3) is 3.34. The van der Waals surface area contributed by atoms with Gasteiger partial charge in [-0.1, -0.05) is 6.42 Å². The van der Waals surface area contributed by atoms with Crippen molar-refractivity contribution in [2.75, 3.05) is 19.8 Å². The molecule has 0 saturated carbocycles. The van der Waals surface area contributed by atoms with Gasteiger partial charge in [0.05, 0.1) is 18.8 Å². The van der Waals surface area contributed by atoms with Gasteiger partial charge >= 0.3 is 0 Å². The normalized spacial score (nSPS) is 21.4. The molecule has 0 bridgehead atoms. The summed E-state index contributed by atoms with van der Waals surface area (Å²) in [5.41, 5.74) is 0. The van der Waals surface area contributed by atoms with Crippen LogP contribution in [0.3, 0.4) is 0 Å². The first-order chi connectivity index (χ1) is 8.47. The summed E-state index contributed by atoms with van der Waals surface area (Å²) in [5.74, 6) is 1.59. The molecule has 1 aliphatic rings. The van der Waals surface area contributed by atoms with Gasteiger partial charge in [0.15, 0.2) is 0 Å². The molecule has 1 aromatic heterocycles. The van der Waals surface area contributed by atoms with Crippen LogP contribution in [0, 0.1) is 0 Å². The van der Waals surface area contributed by atoms with Gasteiger partial charge in [0.1, 0.15) is 11.5 Å². The molecule has 1 aliphatic heterocycles. The molecule has 2 heterocycles. The van der Waals surface area contributed by atoms with Crippen LogP contribution < -0.4 is 5.32 Å². The summed E-state index contributed by atoms with van der Waals surface area (Å²) in [6.07, 6.45) is 4.69. The van der Waals surface area contributed by atoms with Crippen molar-refractivity contribution < 1.29 is 12.8 Å². The van der Waals surface area contributed by atoms with Gasteiger partial charge in [-0.25, -0.2) is 8.42 Å². The predicted molar refractivity (Wildman–Crippen MR) is 69.6 cm³/mol. The number of piperidine rings is 1. The summed E-state index contributed by atoms with van der Waals surface area (Å²) in [7, 11) is -1.61. The van der Waals surface area contributed by atoms with Gasteiger partial charge < -0.3 is 9.73 Å². The zero-order valence-electron chi connectivity index (χ0n) is 10.8. The lowest BCUT2D eigenvalue weighted by Gasteiger charge is -2.21. The van der Waals surface area contributed by atoms with E-state index < -0.39 is 10.0 Å². The van der Waals surface area contributed by atoms with E-state index in [1.54, 1.807) is 7.05 Å². The number of nitrogens with one attached hydrogen (secondary N) is 1. The molecule has 5 nitrogen and oxygen atoms in total. The highest BCUT2D eigenvalue weighted by Gasteiger charge is 2.19. The van der Waals surface area contributed by atoms with Gasteiger partial charge in [-0.2, -0.15) is 4.31 Å². The smallest absolute Gasteiger partial charge is 0.211 e. The maximum Gasteiger partial charge on any atom is 0.211 e. The Hall–Kier alpha value is -0.850. The Morgan fingerprint density at radius 1 is 1.44 bits per heavy atom. The molecule has 0 aliphatic carbocycles. The van der Waals surface area contributed by atoms with Crippen molar-refractivity contribution in [3.05, 3.63) is 23.7 Å². The second-order valence-corrected chi connectivity index (χ2v) is 6.91. The standard InChI is InChI=1S/C12H20N2O3S/c1-14(18(2,15)16)9-10-6-7-12(17-10)11-5-3-4-8-13-11/h6-7,11,13H,3-5,8-9H2,1-2H3/t11-/m0/s1. The number of rotatable bonds is 4. The Morgan fingerprint density at radius 3 is 2.83 bits per heavy atom. The van der Waals surface area contributed by atoms with Crippen LogP contribution in [0.4, 0.5) is 0 Å². The molecule has 6 heteroatoms. The average Bonchev–Trinajstić information content (AvgIpc) is 2.77. The topological polar surface area (TPSA) is 62.6 Å². The van der Waals surface area contributed by atoms with Crippen LogP contribution in [0.5, 0.6) is 0 Å². The molecule has 2 rings (SSSR count). The molecular formula is C12H20N2O3S. The Morgan fingerprint density at radius 2 is 2.22 bits per heavy atom. The van der Waals surface area contributed by atoms with Gasteiger partial charge in [0, 0.05) is 7.05 Å². The number of furan rings is 1. The number of nitrogens with zero attached hydrogens (tertiary/aromatic N) is 1. The molecule has 0 spiro atoms. The lowest BCUT2D eigenvalue weighted by atomic mass is 10.0.